The van der Waals surface area contributed by atoms with E-state index in [0.29, 0.717) is 28.6 Å². The largest absolute Gasteiger partial charge is 0.452 e. The lowest BCUT2D eigenvalue weighted by Gasteiger charge is -2.55. The number of carbonyl (C=O) groups excluding carboxylic acids is 3. The first-order valence-electron chi connectivity index (χ1n) is 10.7. The quantitative estimate of drug-likeness (QED) is 0.643. The molecule has 162 valence electrons. The summed E-state index contributed by atoms with van der Waals surface area (Å²) in [7, 11) is 0. The van der Waals surface area contributed by atoms with Crippen LogP contribution in [-0.2, 0) is 19.1 Å². The maximum atomic E-state index is 12.9. The number of pyridine rings is 1. The molecule has 2 amide bonds. The molecule has 4 saturated carbocycles. The monoisotopic (exact) mass is 433 g/mol. The lowest BCUT2D eigenvalue weighted by Crippen LogP contribution is -2.53. The minimum Gasteiger partial charge on any atom is -0.452 e. The number of ether oxygens (including phenoxy) is 1. The van der Waals surface area contributed by atoms with Crippen molar-refractivity contribution in [3.63, 3.8) is 0 Å². The summed E-state index contributed by atoms with van der Waals surface area (Å²) >= 11 is 5.76. The minimum atomic E-state index is -0.964. The van der Waals surface area contributed by atoms with E-state index in [-0.39, 0.29) is 24.3 Å². The Bertz CT molecular complexity index is 791. The van der Waals surface area contributed by atoms with Gasteiger partial charge < -0.3 is 15.4 Å². The molecule has 8 heteroatoms. The van der Waals surface area contributed by atoms with Crippen LogP contribution in [0.3, 0.4) is 0 Å². The van der Waals surface area contributed by atoms with E-state index in [4.69, 9.17) is 16.3 Å². The van der Waals surface area contributed by atoms with Crippen LogP contribution in [0.1, 0.15) is 51.9 Å². The van der Waals surface area contributed by atoms with Gasteiger partial charge in [0.05, 0.1) is 11.4 Å². The van der Waals surface area contributed by atoms with Crippen LogP contribution in [0.5, 0.6) is 0 Å². The van der Waals surface area contributed by atoms with E-state index in [1.807, 2.05) is 0 Å². The van der Waals surface area contributed by atoms with Crippen LogP contribution in [0, 0.1) is 23.2 Å². The molecular weight excluding hydrogens is 406 g/mol. The van der Waals surface area contributed by atoms with Crippen LogP contribution in [-0.4, -0.2) is 35.4 Å². The Balaban J connectivity index is 1.20. The molecule has 1 aromatic rings. The number of aromatic nitrogens is 1. The fraction of sp³-hybridized carbons (Fsp3) is 0.636. The molecule has 0 radical (unpaired) electrons. The van der Waals surface area contributed by atoms with Gasteiger partial charge in [-0.25, -0.2) is 4.98 Å². The number of hydrogen-bond donors (Lipinski definition) is 2. The van der Waals surface area contributed by atoms with E-state index in [1.54, 1.807) is 12.1 Å². The van der Waals surface area contributed by atoms with E-state index in [1.165, 1.54) is 32.4 Å². The van der Waals surface area contributed by atoms with Crippen molar-refractivity contribution >= 4 is 35.2 Å². The summed E-state index contributed by atoms with van der Waals surface area (Å²) in [6, 6.07) is 3.17. The van der Waals surface area contributed by atoms with Gasteiger partial charge in [-0.15, -0.1) is 0 Å². The van der Waals surface area contributed by atoms with Crippen LogP contribution in [0.4, 0.5) is 5.82 Å². The van der Waals surface area contributed by atoms with Gasteiger partial charge in [-0.3, -0.25) is 14.4 Å². The van der Waals surface area contributed by atoms with Crippen molar-refractivity contribution < 1.29 is 19.1 Å². The van der Waals surface area contributed by atoms with Crippen molar-refractivity contribution in [2.24, 2.45) is 23.2 Å². The Labute approximate surface area is 181 Å². The Kier molecular flexibility index (Phi) is 6.00. The van der Waals surface area contributed by atoms with Crippen molar-refractivity contribution in [3.8, 4) is 0 Å². The molecule has 5 rings (SSSR count). The lowest BCUT2D eigenvalue weighted by atomic mass is 9.49. The van der Waals surface area contributed by atoms with Gasteiger partial charge in [-0.05, 0) is 75.3 Å². The number of hydrogen-bond acceptors (Lipinski definition) is 5. The number of anilines is 1. The van der Waals surface area contributed by atoms with Gasteiger partial charge >= 0.3 is 5.97 Å². The highest BCUT2D eigenvalue weighted by atomic mass is 35.5. The second-order valence-electron chi connectivity index (χ2n) is 9.19. The number of nitrogens with one attached hydrogen (secondary N) is 2. The first-order chi connectivity index (χ1) is 14.3. The maximum Gasteiger partial charge on any atom is 0.308 e. The molecule has 4 bridgehead atoms. The first kappa shape index (κ1) is 21.1. The summed E-state index contributed by atoms with van der Waals surface area (Å²) in [5.41, 5.74) is -0.225. The second kappa shape index (κ2) is 8.53. The molecule has 0 aromatic carbocycles. The van der Waals surface area contributed by atoms with Crippen molar-refractivity contribution in [1.29, 1.82) is 0 Å². The fourth-order valence-electron chi connectivity index (χ4n) is 5.84. The normalized spacial score (nSPS) is 29.9. The smallest absolute Gasteiger partial charge is 0.308 e. The molecule has 4 aliphatic rings. The first-order valence-corrected chi connectivity index (χ1v) is 11.1. The zero-order valence-electron chi connectivity index (χ0n) is 17.2. The van der Waals surface area contributed by atoms with E-state index in [0.717, 1.165) is 19.3 Å². The summed E-state index contributed by atoms with van der Waals surface area (Å²) in [5, 5.41) is 5.98. The van der Waals surface area contributed by atoms with Gasteiger partial charge in [0.15, 0.2) is 6.10 Å². The van der Waals surface area contributed by atoms with Gasteiger partial charge in [0.2, 0.25) is 5.91 Å². The Morgan fingerprint density at radius 1 is 1.17 bits per heavy atom. The van der Waals surface area contributed by atoms with Crippen molar-refractivity contribution in [3.05, 3.63) is 23.4 Å². The average Bonchev–Trinajstić information content (AvgIpc) is 2.68. The topological polar surface area (TPSA) is 97.4 Å². The van der Waals surface area contributed by atoms with Crippen LogP contribution in [0.25, 0.3) is 0 Å². The van der Waals surface area contributed by atoms with Crippen molar-refractivity contribution in [2.45, 2.75) is 58.0 Å². The van der Waals surface area contributed by atoms with E-state index in [2.05, 4.69) is 15.6 Å². The van der Waals surface area contributed by atoms with Gasteiger partial charge in [0.1, 0.15) is 5.82 Å². The summed E-state index contributed by atoms with van der Waals surface area (Å²) in [4.78, 5) is 41.1. The summed E-state index contributed by atoms with van der Waals surface area (Å²) < 4.78 is 5.18. The van der Waals surface area contributed by atoms with Crippen LogP contribution >= 0.6 is 11.6 Å². The Morgan fingerprint density at radius 2 is 1.80 bits per heavy atom. The third kappa shape index (κ3) is 4.61. The third-order valence-corrected chi connectivity index (χ3v) is 7.01. The highest BCUT2D eigenvalue weighted by Crippen LogP contribution is 2.60. The van der Waals surface area contributed by atoms with Gasteiger partial charge in [-0.1, -0.05) is 11.6 Å². The Hall–Kier alpha value is -2.15. The number of rotatable bonds is 7. The number of esters is 1. The van der Waals surface area contributed by atoms with Crippen LogP contribution in [0.2, 0.25) is 5.02 Å². The molecule has 0 spiro atoms. The highest BCUT2D eigenvalue weighted by Gasteiger charge is 2.54. The predicted molar refractivity (Wildman–Crippen MR) is 112 cm³/mol. The molecule has 4 fully saturated rings. The molecule has 2 N–H and O–H groups in total. The van der Waals surface area contributed by atoms with E-state index < -0.39 is 18.0 Å². The van der Waals surface area contributed by atoms with Crippen molar-refractivity contribution in [2.75, 3.05) is 11.9 Å². The molecule has 30 heavy (non-hydrogen) atoms. The highest BCUT2D eigenvalue weighted by molar-refractivity contribution is 6.30. The second-order valence-corrected chi connectivity index (χ2v) is 9.62. The Morgan fingerprint density at radius 3 is 2.37 bits per heavy atom. The number of nitrogens with zero attached hydrogens (tertiary/aromatic N) is 1. The fourth-order valence-corrected chi connectivity index (χ4v) is 5.95. The molecule has 4 aliphatic carbocycles. The molecule has 1 atom stereocenters. The maximum absolute atomic E-state index is 12.9. The number of halogens is 1. The van der Waals surface area contributed by atoms with Crippen LogP contribution < -0.4 is 10.6 Å². The molecule has 0 aliphatic heterocycles. The van der Waals surface area contributed by atoms with Crippen molar-refractivity contribution in [1.82, 2.24) is 10.3 Å². The molecule has 0 saturated heterocycles. The third-order valence-electron chi connectivity index (χ3n) is 6.79. The molecule has 7 nitrogen and oxygen atoms in total. The van der Waals surface area contributed by atoms with Gasteiger partial charge in [0.25, 0.3) is 5.91 Å². The predicted octanol–water partition coefficient (Wildman–Crippen LogP) is 3.33. The van der Waals surface area contributed by atoms with Gasteiger partial charge in [0, 0.05) is 18.2 Å². The number of amides is 2. The zero-order valence-corrected chi connectivity index (χ0v) is 17.9. The summed E-state index contributed by atoms with van der Waals surface area (Å²) in [5.74, 6) is 1.51. The van der Waals surface area contributed by atoms with Crippen LogP contribution in [0.15, 0.2) is 18.3 Å². The molecule has 1 heterocycles. The molecule has 0 unspecified atom stereocenters. The number of carbonyl (C=O) groups is 3. The summed E-state index contributed by atoms with van der Waals surface area (Å²) in [6.45, 7) is 1.73. The average molecular weight is 434 g/mol. The van der Waals surface area contributed by atoms with Gasteiger partial charge in [-0.2, -0.15) is 0 Å². The minimum absolute atomic E-state index is 0.0366. The molecule has 1 aromatic heterocycles. The standard InChI is InChI=1S/C22H28ClN3O4/c1-13(20(28)26-18-3-2-17(23)12-25-18)30-19(27)4-5-24-21(29)22-9-14-6-15(10-22)8-16(7-14)11-22/h2-3,12-16H,4-11H2,1H3,(H,24,29)(H,25,26,28)/t13-,14?,15?,16?,22?/m0/s1. The molecular formula is C22H28ClN3O4. The SMILES string of the molecule is C[C@H](OC(=O)CCNC(=O)C12CC3CC(CC(C3)C1)C2)C(=O)Nc1ccc(Cl)cn1. The lowest BCUT2D eigenvalue weighted by molar-refractivity contribution is -0.153. The van der Waals surface area contributed by atoms with E-state index >= 15 is 0 Å². The zero-order chi connectivity index (χ0) is 21.3. The van der Waals surface area contributed by atoms with E-state index in [9.17, 15) is 14.4 Å². The summed E-state index contributed by atoms with van der Waals surface area (Å²) in [6.07, 6.45) is 7.31.